The molecule has 0 bridgehead atoms. The number of anilines is 4. The molecule has 3 aromatic carbocycles. The second-order valence-electron chi connectivity index (χ2n) is 8.78. The van der Waals surface area contributed by atoms with E-state index in [1.807, 2.05) is 42.2 Å². The van der Waals surface area contributed by atoms with E-state index in [1.165, 1.54) is 24.3 Å². The van der Waals surface area contributed by atoms with Gasteiger partial charge in [-0.25, -0.2) is 14.6 Å². The summed E-state index contributed by atoms with van der Waals surface area (Å²) in [5.41, 5.74) is 4.61. The molecule has 1 aromatic heterocycles. The van der Waals surface area contributed by atoms with E-state index in [-0.39, 0.29) is 17.3 Å². The van der Waals surface area contributed by atoms with Gasteiger partial charge in [0.2, 0.25) is 17.8 Å². The number of hydrazone groups is 1. The molecular weight excluding hydrogens is 529 g/mol. The highest BCUT2D eigenvalue weighted by atomic mass is 19.1. The molecule has 210 valence electrons. The maximum absolute atomic E-state index is 13.2. The van der Waals surface area contributed by atoms with Crippen molar-refractivity contribution in [1.82, 2.24) is 15.0 Å². The largest absolute Gasteiger partial charge is 0.490 e. The molecule has 0 spiro atoms. The molecule has 1 fully saturated rings. The maximum atomic E-state index is 13.2. The highest BCUT2D eigenvalue weighted by Crippen LogP contribution is 2.29. The van der Waals surface area contributed by atoms with Crippen molar-refractivity contribution in [2.75, 3.05) is 48.6 Å². The van der Waals surface area contributed by atoms with Crippen molar-refractivity contribution in [3.05, 3.63) is 89.7 Å². The van der Waals surface area contributed by atoms with Crippen molar-refractivity contribution in [2.24, 2.45) is 5.10 Å². The van der Waals surface area contributed by atoms with Crippen molar-refractivity contribution < 1.29 is 23.4 Å². The first-order valence-electron chi connectivity index (χ1n) is 13.0. The summed E-state index contributed by atoms with van der Waals surface area (Å²) >= 11 is 0. The highest BCUT2D eigenvalue weighted by molar-refractivity contribution is 5.91. The predicted molar refractivity (Wildman–Crippen MR) is 153 cm³/mol. The lowest BCUT2D eigenvalue weighted by molar-refractivity contribution is 0.0728. The molecule has 1 aliphatic rings. The first-order valence-corrected chi connectivity index (χ1v) is 13.0. The number of carbonyl (C=O) groups is 1. The van der Waals surface area contributed by atoms with Crippen LogP contribution in [0.4, 0.5) is 27.9 Å². The molecule has 0 radical (unpaired) electrons. The molecule has 0 atom stereocenters. The molecule has 2 heterocycles. The number of aromatic nitrogens is 3. The number of benzene rings is 3. The number of hydrogen-bond donors (Lipinski definition) is 2. The number of para-hydroxylation sites is 1. The van der Waals surface area contributed by atoms with Crippen molar-refractivity contribution >= 4 is 35.7 Å². The quantitative estimate of drug-likeness (QED) is 0.123. The Balaban J connectivity index is 1.32. The van der Waals surface area contributed by atoms with Crippen LogP contribution in [0.15, 0.2) is 77.9 Å². The lowest BCUT2D eigenvalue weighted by Crippen LogP contribution is -2.37. The predicted octanol–water partition coefficient (Wildman–Crippen LogP) is 4.65. The lowest BCUT2D eigenvalue weighted by Gasteiger charge is -2.27. The number of hydrogen-bond acceptors (Lipinski definition) is 11. The summed E-state index contributed by atoms with van der Waals surface area (Å²) in [5, 5.41) is 7.50. The van der Waals surface area contributed by atoms with Crippen LogP contribution in [0.3, 0.4) is 0 Å². The van der Waals surface area contributed by atoms with E-state index in [0.717, 1.165) is 5.69 Å². The third-order valence-electron chi connectivity index (χ3n) is 5.88. The number of rotatable bonds is 10. The number of halogens is 1. The molecule has 0 aliphatic carbocycles. The minimum atomic E-state index is -0.625. The van der Waals surface area contributed by atoms with Gasteiger partial charge in [-0.3, -0.25) is 0 Å². The van der Waals surface area contributed by atoms with Gasteiger partial charge in [-0.15, -0.1) is 0 Å². The van der Waals surface area contributed by atoms with Crippen LogP contribution in [0.25, 0.3) is 0 Å². The number of morpholine rings is 1. The number of carbonyl (C=O) groups excluding carboxylic acids is 1. The van der Waals surface area contributed by atoms with Gasteiger partial charge in [0.1, 0.15) is 5.82 Å². The van der Waals surface area contributed by atoms with Crippen LogP contribution < -0.4 is 25.1 Å². The summed E-state index contributed by atoms with van der Waals surface area (Å²) in [7, 11) is 0. The van der Waals surface area contributed by atoms with Crippen LogP contribution in [0, 0.1) is 5.82 Å². The van der Waals surface area contributed by atoms with E-state index >= 15 is 0 Å². The Labute approximate surface area is 236 Å². The lowest BCUT2D eigenvalue weighted by atomic mass is 10.2. The molecular formula is C29H28FN7O4. The van der Waals surface area contributed by atoms with Gasteiger partial charge in [0.05, 0.1) is 31.6 Å². The van der Waals surface area contributed by atoms with E-state index in [1.54, 1.807) is 24.4 Å². The van der Waals surface area contributed by atoms with Gasteiger partial charge in [0.25, 0.3) is 0 Å². The average molecular weight is 558 g/mol. The average Bonchev–Trinajstić information content (AvgIpc) is 3.00. The smallest absolute Gasteiger partial charge is 0.343 e. The summed E-state index contributed by atoms with van der Waals surface area (Å²) in [5.74, 6) is 0.658. The first kappa shape index (κ1) is 27.5. The molecule has 4 aromatic rings. The van der Waals surface area contributed by atoms with Gasteiger partial charge < -0.3 is 24.4 Å². The topological polar surface area (TPSA) is 123 Å². The van der Waals surface area contributed by atoms with Gasteiger partial charge in [-0.2, -0.15) is 20.1 Å². The summed E-state index contributed by atoms with van der Waals surface area (Å²) in [4.78, 5) is 28.1. The van der Waals surface area contributed by atoms with Crippen molar-refractivity contribution in [2.45, 2.75) is 6.92 Å². The fourth-order valence-electron chi connectivity index (χ4n) is 3.89. The van der Waals surface area contributed by atoms with Crippen molar-refractivity contribution in [3.63, 3.8) is 0 Å². The van der Waals surface area contributed by atoms with E-state index in [2.05, 4.69) is 30.8 Å². The van der Waals surface area contributed by atoms with Gasteiger partial charge in [0, 0.05) is 18.8 Å². The summed E-state index contributed by atoms with van der Waals surface area (Å²) in [6.07, 6.45) is 1.57. The number of ether oxygens (including phenoxy) is 3. The van der Waals surface area contributed by atoms with Gasteiger partial charge >= 0.3 is 5.97 Å². The molecule has 5 rings (SSSR count). The summed E-state index contributed by atoms with van der Waals surface area (Å²) in [6.45, 7) is 4.68. The Morgan fingerprint density at radius 3 is 2.51 bits per heavy atom. The van der Waals surface area contributed by atoms with E-state index in [4.69, 9.17) is 14.2 Å². The minimum absolute atomic E-state index is 0.221. The SMILES string of the molecule is CCOc1cc(/C=N\Nc2nc(Nc3ccccc3)nc(N3CCOCC3)n2)ccc1OC(=O)c1ccc(F)cc1. The maximum Gasteiger partial charge on any atom is 0.343 e. The molecule has 1 saturated heterocycles. The summed E-state index contributed by atoms with van der Waals surface area (Å²) in [6, 6.07) is 19.7. The standard InChI is InChI=1S/C29H28FN7O4/c1-2-40-25-18-20(8-13-24(25)41-26(38)21-9-11-22(30)12-10-21)19-31-36-28-33-27(32-23-6-4-3-5-7-23)34-29(35-28)37-14-16-39-17-15-37/h3-13,18-19H,2,14-17H2,1H3,(H2,32,33,34,35,36)/b31-19-. The molecule has 11 nitrogen and oxygen atoms in total. The molecule has 41 heavy (non-hydrogen) atoms. The fourth-order valence-corrected chi connectivity index (χ4v) is 3.89. The third kappa shape index (κ3) is 7.51. The van der Waals surface area contributed by atoms with Crippen LogP contribution >= 0.6 is 0 Å². The molecule has 0 saturated carbocycles. The van der Waals surface area contributed by atoms with Gasteiger partial charge in [0.15, 0.2) is 11.5 Å². The molecule has 0 unspecified atom stereocenters. The van der Waals surface area contributed by atoms with E-state index < -0.39 is 11.8 Å². The third-order valence-corrected chi connectivity index (χ3v) is 5.88. The second-order valence-corrected chi connectivity index (χ2v) is 8.78. The zero-order valence-electron chi connectivity index (χ0n) is 22.3. The number of nitrogens with zero attached hydrogens (tertiary/aromatic N) is 5. The Morgan fingerprint density at radius 1 is 1.00 bits per heavy atom. The Hall–Kier alpha value is -5.10. The van der Waals surface area contributed by atoms with Crippen molar-refractivity contribution in [1.29, 1.82) is 0 Å². The van der Waals surface area contributed by atoms with Crippen LogP contribution in [-0.2, 0) is 4.74 Å². The first-order chi connectivity index (χ1) is 20.1. The van der Waals surface area contributed by atoms with Gasteiger partial charge in [-0.05, 0) is 67.1 Å². The van der Waals surface area contributed by atoms with Crippen LogP contribution in [0.5, 0.6) is 11.5 Å². The molecule has 2 N–H and O–H groups in total. The monoisotopic (exact) mass is 557 g/mol. The summed E-state index contributed by atoms with van der Waals surface area (Å²) < 4.78 is 29.8. The van der Waals surface area contributed by atoms with Gasteiger partial charge in [-0.1, -0.05) is 18.2 Å². The fraction of sp³-hybridized carbons (Fsp3) is 0.207. The normalized spacial score (nSPS) is 13.2. The minimum Gasteiger partial charge on any atom is -0.490 e. The molecule has 0 amide bonds. The zero-order chi connectivity index (χ0) is 28.4. The van der Waals surface area contributed by atoms with E-state index in [0.29, 0.717) is 56.1 Å². The number of esters is 1. The van der Waals surface area contributed by atoms with E-state index in [9.17, 15) is 9.18 Å². The Kier molecular flexibility index (Phi) is 8.91. The zero-order valence-corrected chi connectivity index (χ0v) is 22.3. The Morgan fingerprint density at radius 2 is 1.76 bits per heavy atom. The molecule has 1 aliphatic heterocycles. The molecule has 12 heteroatoms. The van der Waals surface area contributed by atoms with Crippen molar-refractivity contribution in [3.8, 4) is 11.5 Å². The Bertz CT molecular complexity index is 1500. The highest BCUT2D eigenvalue weighted by Gasteiger charge is 2.17. The van der Waals surface area contributed by atoms with Crippen LogP contribution in [-0.4, -0.2) is 60.0 Å². The van der Waals surface area contributed by atoms with Crippen LogP contribution in [0.1, 0.15) is 22.8 Å². The van der Waals surface area contributed by atoms with Crippen LogP contribution in [0.2, 0.25) is 0 Å². The second kappa shape index (κ2) is 13.3. The number of nitrogens with one attached hydrogen (secondary N) is 2.